The highest BCUT2D eigenvalue weighted by Gasteiger charge is 2.13. The van der Waals surface area contributed by atoms with Gasteiger partial charge < -0.3 is 15.2 Å². The van der Waals surface area contributed by atoms with Crippen molar-refractivity contribution in [3.63, 3.8) is 0 Å². The number of amides is 1. The van der Waals surface area contributed by atoms with Gasteiger partial charge in [0.25, 0.3) is 0 Å². The normalized spacial score (nSPS) is 13.1. The van der Waals surface area contributed by atoms with E-state index in [1.165, 1.54) is 0 Å². The average Bonchev–Trinajstić information content (AvgIpc) is 2.25. The van der Waals surface area contributed by atoms with Gasteiger partial charge in [-0.05, 0) is 27.3 Å². The third-order valence-electron chi connectivity index (χ3n) is 2.28. The van der Waals surface area contributed by atoms with Gasteiger partial charge in [0.15, 0.2) is 0 Å². The van der Waals surface area contributed by atoms with Crippen LogP contribution in [0.4, 0.5) is 0 Å². The highest BCUT2D eigenvalue weighted by molar-refractivity contribution is 5.77. The van der Waals surface area contributed by atoms with E-state index < -0.39 is 6.10 Å². The highest BCUT2D eigenvalue weighted by Crippen LogP contribution is 1.96. The molecule has 1 unspecified atom stereocenters. The van der Waals surface area contributed by atoms with Crippen LogP contribution in [0.1, 0.15) is 27.7 Å². The van der Waals surface area contributed by atoms with Crippen molar-refractivity contribution < 1.29 is 14.6 Å². The zero-order valence-corrected chi connectivity index (χ0v) is 11.4. The molecule has 0 aliphatic rings. The Morgan fingerprint density at radius 1 is 1.41 bits per heavy atom. The van der Waals surface area contributed by atoms with E-state index in [4.69, 9.17) is 4.74 Å². The Morgan fingerprint density at radius 2 is 2.06 bits per heavy atom. The van der Waals surface area contributed by atoms with Gasteiger partial charge in [-0.2, -0.15) is 0 Å². The molecule has 0 aliphatic carbocycles. The molecule has 0 radical (unpaired) electrons. The second-order valence-corrected chi connectivity index (χ2v) is 4.32. The second kappa shape index (κ2) is 9.39. The Kier molecular flexibility index (Phi) is 9.03. The number of nitrogens with one attached hydrogen (secondary N) is 1. The quantitative estimate of drug-likeness (QED) is 0.611. The number of carbonyl (C=O) groups excluding carboxylic acids is 1. The lowest BCUT2D eigenvalue weighted by atomic mass is 10.3. The van der Waals surface area contributed by atoms with Crippen molar-refractivity contribution in [2.24, 2.45) is 0 Å². The summed E-state index contributed by atoms with van der Waals surface area (Å²) in [5, 5.41) is 12.5. The molecule has 0 saturated heterocycles. The molecular formula is C12H26N2O3. The van der Waals surface area contributed by atoms with E-state index in [2.05, 4.69) is 5.32 Å². The lowest BCUT2D eigenvalue weighted by Crippen LogP contribution is -2.42. The van der Waals surface area contributed by atoms with Gasteiger partial charge >= 0.3 is 0 Å². The summed E-state index contributed by atoms with van der Waals surface area (Å²) >= 11 is 0. The maximum Gasteiger partial charge on any atom is 0.234 e. The van der Waals surface area contributed by atoms with Crippen molar-refractivity contribution in [1.29, 1.82) is 0 Å². The topological polar surface area (TPSA) is 61.8 Å². The van der Waals surface area contributed by atoms with Crippen molar-refractivity contribution >= 4 is 5.91 Å². The molecule has 1 amide bonds. The Labute approximate surface area is 104 Å². The SMILES string of the molecule is CCNC(=O)CN(CC)CC(O)COC(C)C. The lowest BCUT2D eigenvalue weighted by molar-refractivity contribution is -0.122. The summed E-state index contributed by atoms with van der Waals surface area (Å²) in [4.78, 5) is 13.3. The zero-order chi connectivity index (χ0) is 13.3. The van der Waals surface area contributed by atoms with Gasteiger partial charge in [0.1, 0.15) is 0 Å². The fraction of sp³-hybridized carbons (Fsp3) is 0.917. The number of carbonyl (C=O) groups is 1. The van der Waals surface area contributed by atoms with Crippen LogP contribution in [0.25, 0.3) is 0 Å². The second-order valence-electron chi connectivity index (χ2n) is 4.32. The minimum atomic E-state index is -0.549. The zero-order valence-electron chi connectivity index (χ0n) is 11.4. The fourth-order valence-electron chi connectivity index (χ4n) is 1.42. The summed E-state index contributed by atoms with van der Waals surface area (Å²) in [5.41, 5.74) is 0. The molecule has 0 aromatic heterocycles. The van der Waals surface area contributed by atoms with Crippen molar-refractivity contribution in [3.05, 3.63) is 0 Å². The van der Waals surface area contributed by atoms with E-state index in [0.29, 0.717) is 26.2 Å². The monoisotopic (exact) mass is 246 g/mol. The van der Waals surface area contributed by atoms with Crippen LogP contribution in [0.2, 0.25) is 0 Å². The first-order chi connectivity index (χ1) is 7.99. The largest absolute Gasteiger partial charge is 0.389 e. The van der Waals surface area contributed by atoms with Gasteiger partial charge in [-0.3, -0.25) is 9.69 Å². The minimum Gasteiger partial charge on any atom is -0.389 e. The van der Waals surface area contributed by atoms with E-state index in [9.17, 15) is 9.90 Å². The van der Waals surface area contributed by atoms with E-state index in [0.717, 1.165) is 6.54 Å². The van der Waals surface area contributed by atoms with E-state index in [-0.39, 0.29) is 12.0 Å². The van der Waals surface area contributed by atoms with Crippen LogP contribution in [-0.4, -0.2) is 60.9 Å². The van der Waals surface area contributed by atoms with E-state index in [1.54, 1.807) is 0 Å². The summed E-state index contributed by atoms with van der Waals surface area (Å²) in [7, 11) is 0. The predicted octanol–water partition coefficient (Wildman–Crippen LogP) is 0.230. The van der Waals surface area contributed by atoms with Crippen molar-refractivity contribution in [2.75, 3.05) is 32.8 Å². The number of hydrogen-bond acceptors (Lipinski definition) is 4. The molecule has 0 rings (SSSR count). The molecule has 5 nitrogen and oxygen atoms in total. The number of rotatable bonds is 9. The van der Waals surface area contributed by atoms with Crippen LogP contribution in [0.5, 0.6) is 0 Å². The molecule has 0 aromatic rings. The Balaban J connectivity index is 3.90. The van der Waals surface area contributed by atoms with Crippen LogP contribution in [0, 0.1) is 0 Å². The molecule has 1 atom stereocenters. The van der Waals surface area contributed by atoms with Gasteiger partial charge in [-0.15, -0.1) is 0 Å². The standard InChI is InChI=1S/C12H26N2O3/c1-5-13-12(16)8-14(6-2)7-11(15)9-17-10(3)4/h10-11,15H,5-9H2,1-4H3,(H,13,16). The summed E-state index contributed by atoms with van der Waals surface area (Å²) < 4.78 is 5.32. The van der Waals surface area contributed by atoms with Gasteiger partial charge in [0.2, 0.25) is 5.91 Å². The van der Waals surface area contributed by atoms with Crippen LogP contribution in [-0.2, 0) is 9.53 Å². The number of hydrogen-bond donors (Lipinski definition) is 2. The first kappa shape index (κ1) is 16.4. The number of aliphatic hydroxyl groups excluding tert-OH is 1. The number of likely N-dealkylation sites (N-methyl/N-ethyl adjacent to an activating group) is 2. The molecule has 0 saturated carbocycles. The molecule has 0 fully saturated rings. The smallest absolute Gasteiger partial charge is 0.234 e. The molecular weight excluding hydrogens is 220 g/mol. The van der Waals surface area contributed by atoms with Crippen molar-refractivity contribution in [1.82, 2.24) is 10.2 Å². The molecule has 0 heterocycles. The van der Waals surface area contributed by atoms with Crippen molar-refractivity contribution in [2.45, 2.75) is 39.9 Å². The van der Waals surface area contributed by atoms with Crippen LogP contribution in [0.15, 0.2) is 0 Å². The summed E-state index contributed by atoms with van der Waals surface area (Å²) in [6, 6.07) is 0. The van der Waals surface area contributed by atoms with Crippen LogP contribution < -0.4 is 5.32 Å². The average molecular weight is 246 g/mol. The molecule has 5 heteroatoms. The van der Waals surface area contributed by atoms with Gasteiger partial charge in [0, 0.05) is 13.1 Å². The molecule has 0 bridgehead atoms. The Bertz CT molecular complexity index is 210. The van der Waals surface area contributed by atoms with Crippen LogP contribution >= 0.6 is 0 Å². The molecule has 0 aliphatic heterocycles. The van der Waals surface area contributed by atoms with E-state index in [1.807, 2.05) is 32.6 Å². The number of ether oxygens (including phenoxy) is 1. The number of aliphatic hydroxyl groups is 1. The third kappa shape index (κ3) is 9.09. The van der Waals surface area contributed by atoms with Gasteiger partial charge in [-0.25, -0.2) is 0 Å². The van der Waals surface area contributed by atoms with Crippen LogP contribution in [0.3, 0.4) is 0 Å². The molecule has 102 valence electrons. The Hall–Kier alpha value is -0.650. The molecule has 2 N–H and O–H groups in total. The first-order valence-corrected chi connectivity index (χ1v) is 6.28. The molecule has 0 spiro atoms. The summed E-state index contributed by atoms with van der Waals surface area (Å²) in [6.07, 6.45) is -0.435. The fourth-order valence-corrected chi connectivity index (χ4v) is 1.42. The maximum absolute atomic E-state index is 11.4. The Morgan fingerprint density at radius 3 is 2.53 bits per heavy atom. The lowest BCUT2D eigenvalue weighted by Gasteiger charge is -2.23. The number of nitrogens with zero attached hydrogens (tertiary/aromatic N) is 1. The third-order valence-corrected chi connectivity index (χ3v) is 2.28. The maximum atomic E-state index is 11.4. The van der Waals surface area contributed by atoms with Gasteiger partial charge in [-0.1, -0.05) is 6.92 Å². The predicted molar refractivity (Wildman–Crippen MR) is 67.9 cm³/mol. The van der Waals surface area contributed by atoms with Crippen molar-refractivity contribution in [3.8, 4) is 0 Å². The first-order valence-electron chi connectivity index (χ1n) is 6.28. The molecule has 0 aromatic carbocycles. The summed E-state index contributed by atoms with van der Waals surface area (Å²) in [6.45, 7) is 10.2. The highest BCUT2D eigenvalue weighted by atomic mass is 16.5. The minimum absolute atomic E-state index is 0.00803. The van der Waals surface area contributed by atoms with E-state index >= 15 is 0 Å². The summed E-state index contributed by atoms with van der Waals surface area (Å²) in [5.74, 6) is -0.00803. The van der Waals surface area contributed by atoms with Gasteiger partial charge in [0.05, 0.1) is 25.4 Å². The molecule has 17 heavy (non-hydrogen) atoms.